The first-order chi connectivity index (χ1) is 7.18. The van der Waals surface area contributed by atoms with Crippen LogP contribution in [0.4, 0.5) is 0 Å². The largest absolute Gasteiger partial charge is 0.461 e. The highest BCUT2D eigenvalue weighted by atomic mass is 32.1. The van der Waals surface area contributed by atoms with Crippen molar-refractivity contribution in [2.75, 3.05) is 0 Å². The third-order valence-electron chi connectivity index (χ3n) is 2.31. The molecule has 0 N–H and O–H groups in total. The average molecular weight is 220 g/mol. The second-order valence-electron chi connectivity index (χ2n) is 3.49. The van der Waals surface area contributed by atoms with Crippen LogP contribution in [0.2, 0.25) is 0 Å². The Bertz CT molecular complexity index is 499. The van der Waals surface area contributed by atoms with Crippen LogP contribution in [0.15, 0.2) is 23.6 Å². The van der Waals surface area contributed by atoms with E-state index in [1.54, 1.807) is 11.3 Å². The van der Waals surface area contributed by atoms with Crippen molar-refractivity contribution in [1.29, 1.82) is 0 Å². The number of rotatable bonds is 2. The molecule has 0 saturated carbocycles. The molecule has 1 heterocycles. The van der Waals surface area contributed by atoms with Gasteiger partial charge in [-0.1, -0.05) is 12.1 Å². The Kier molecular flexibility index (Phi) is 2.73. The van der Waals surface area contributed by atoms with E-state index >= 15 is 0 Å². The van der Waals surface area contributed by atoms with Gasteiger partial charge in [0.15, 0.2) is 0 Å². The Morgan fingerprint density at radius 1 is 1.47 bits per heavy atom. The lowest BCUT2D eigenvalue weighted by molar-refractivity contribution is -0.142. The summed E-state index contributed by atoms with van der Waals surface area (Å²) < 4.78 is 6.26. The van der Waals surface area contributed by atoms with Crippen LogP contribution in [-0.4, -0.2) is 5.97 Å². The second kappa shape index (κ2) is 4.03. The van der Waals surface area contributed by atoms with Gasteiger partial charge in [0.25, 0.3) is 0 Å². The highest BCUT2D eigenvalue weighted by Crippen LogP contribution is 2.29. The van der Waals surface area contributed by atoms with E-state index in [4.69, 9.17) is 4.74 Å². The molecule has 2 aromatic rings. The topological polar surface area (TPSA) is 26.3 Å². The number of thiophene rings is 1. The van der Waals surface area contributed by atoms with Gasteiger partial charge < -0.3 is 4.74 Å². The quantitative estimate of drug-likeness (QED) is 0.726. The molecule has 1 aromatic carbocycles. The highest BCUT2D eigenvalue weighted by Gasteiger charge is 2.07. The van der Waals surface area contributed by atoms with E-state index in [2.05, 4.69) is 24.4 Å². The molecule has 0 atom stereocenters. The van der Waals surface area contributed by atoms with Gasteiger partial charge in [-0.25, -0.2) is 0 Å². The molecule has 0 radical (unpaired) electrons. The summed E-state index contributed by atoms with van der Waals surface area (Å²) in [5.41, 5.74) is 2.33. The number of benzene rings is 1. The number of carbonyl (C=O) groups excluding carboxylic acids is 1. The van der Waals surface area contributed by atoms with Gasteiger partial charge in [0.1, 0.15) is 6.61 Å². The number of esters is 1. The molecule has 2 rings (SSSR count). The molecule has 0 aliphatic heterocycles. The normalized spacial score (nSPS) is 10.5. The molecule has 3 heteroatoms. The van der Waals surface area contributed by atoms with Crippen LogP contribution in [0.3, 0.4) is 0 Å². The molecule has 15 heavy (non-hydrogen) atoms. The molecule has 0 bridgehead atoms. The van der Waals surface area contributed by atoms with Crippen molar-refractivity contribution < 1.29 is 9.53 Å². The molecule has 78 valence electrons. The van der Waals surface area contributed by atoms with Gasteiger partial charge in [0.05, 0.1) is 0 Å². The van der Waals surface area contributed by atoms with Crippen LogP contribution in [0.5, 0.6) is 0 Å². The third kappa shape index (κ3) is 2.02. The fraction of sp³-hybridized carbons (Fsp3) is 0.250. The van der Waals surface area contributed by atoms with Gasteiger partial charge >= 0.3 is 5.97 Å². The minimum absolute atomic E-state index is 0.233. The Morgan fingerprint density at radius 3 is 3.00 bits per heavy atom. The summed E-state index contributed by atoms with van der Waals surface area (Å²) in [7, 11) is 0. The maximum atomic E-state index is 10.7. The Labute approximate surface area is 92.5 Å². The van der Waals surface area contributed by atoms with Crippen LogP contribution in [0.1, 0.15) is 18.1 Å². The van der Waals surface area contributed by atoms with Crippen molar-refractivity contribution in [2.45, 2.75) is 20.5 Å². The fourth-order valence-corrected chi connectivity index (χ4v) is 2.65. The van der Waals surface area contributed by atoms with E-state index in [0.29, 0.717) is 6.61 Å². The van der Waals surface area contributed by atoms with Gasteiger partial charge in [0, 0.05) is 22.6 Å². The van der Waals surface area contributed by atoms with Crippen LogP contribution < -0.4 is 0 Å². The summed E-state index contributed by atoms with van der Waals surface area (Å²) in [6.07, 6.45) is 0. The summed E-state index contributed by atoms with van der Waals surface area (Å²) in [6.45, 7) is 3.88. The van der Waals surface area contributed by atoms with Crippen molar-refractivity contribution in [3.05, 3.63) is 34.7 Å². The summed E-state index contributed by atoms with van der Waals surface area (Å²) in [5.74, 6) is -0.233. The van der Waals surface area contributed by atoms with E-state index in [1.165, 1.54) is 22.6 Å². The van der Waals surface area contributed by atoms with Crippen LogP contribution in [0.25, 0.3) is 10.1 Å². The van der Waals surface area contributed by atoms with Crippen molar-refractivity contribution in [1.82, 2.24) is 0 Å². The lowest BCUT2D eigenvalue weighted by atomic mass is 10.1. The standard InChI is InChI=1S/C12H12O2S/c1-8-4-3-5-11-12(8)10(7-15-11)6-14-9(2)13/h3-5,7H,6H2,1-2H3. The summed E-state index contributed by atoms with van der Waals surface area (Å²) in [6, 6.07) is 6.21. The molecule has 0 unspecified atom stereocenters. The number of fused-ring (bicyclic) bond motifs is 1. The number of carbonyl (C=O) groups is 1. The fourth-order valence-electron chi connectivity index (χ4n) is 1.63. The minimum Gasteiger partial charge on any atom is -0.461 e. The minimum atomic E-state index is -0.233. The van der Waals surface area contributed by atoms with Crippen molar-refractivity contribution in [3.63, 3.8) is 0 Å². The summed E-state index contributed by atoms with van der Waals surface area (Å²) in [5, 5.41) is 3.28. The maximum absolute atomic E-state index is 10.7. The predicted octanol–water partition coefficient (Wildman–Crippen LogP) is 3.27. The van der Waals surface area contributed by atoms with Gasteiger partial charge in [0.2, 0.25) is 0 Å². The molecular formula is C12H12O2S. The van der Waals surface area contributed by atoms with E-state index in [1.807, 2.05) is 6.07 Å². The zero-order valence-corrected chi connectivity index (χ0v) is 9.56. The van der Waals surface area contributed by atoms with Crippen LogP contribution >= 0.6 is 11.3 Å². The molecule has 0 fully saturated rings. The molecule has 0 aliphatic rings. The zero-order chi connectivity index (χ0) is 10.8. The average Bonchev–Trinajstić information content (AvgIpc) is 2.59. The Morgan fingerprint density at radius 2 is 2.27 bits per heavy atom. The number of hydrogen-bond donors (Lipinski definition) is 0. The maximum Gasteiger partial charge on any atom is 0.302 e. The van der Waals surface area contributed by atoms with E-state index < -0.39 is 0 Å². The predicted molar refractivity (Wildman–Crippen MR) is 62.0 cm³/mol. The monoisotopic (exact) mass is 220 g/mol. The van der Waals surface area contributed by atoms with Crippen molar-refractivity contribution in [3.8, 4) is 0 Å². The Hall–Kier alpha value is -1.35. The number of hydrogen-bond acceptors (Lipinski definition) is 3. The lowest BCUT2D eigenvalue weighted by Crippen LogP contribution is -1.98. The van der Waals surface area contributed by atoms with E-state index in [-0.39, 0.29) is 5.97 Å². The molecule has 0 spiro atoms. The first-order valence-corrected chi connectivity index (χ1v) is 5.65. The first kappa shape index (κ1) is 10.2. The smallest absolute Gasteiger partial charge is 0.302 e. The SMILES string of the molecule is CC(=O)OCc1csc2cccc(C)c12. The zero-order valence-electron chi connectivity index (χ0n) is 8.74. The van der Waals surface area contributed by atoms with Gasteiger partial charge in [-0.05, 0) is 23.9 Å². The number of aryl methyl sites for hydroxylation is 1. The molecule has 2 nitrogen and oxygen atoms in total. The highest BCUT2D eigenvalue weighted by molar-refractivity contribution is 7.17. The van der Waals surface area contributed by atoms with Crippen molar-refractivity contribution >= 4 is 27.4 Å². The molecule has 0 aliphatic carbocycles. The van der Waals surface area contributed by atoms with E-state index in [9.17, 15) is 4.79 Å². The molecule has 0 amide bonds. The third-order valence-corrected chi connectivity index (χ3v) is 3.31. The van der Waals surface area contributed by atoms with Crippen LogP contribution in [-0.2, 0) is 16.1 Å². The van der Waals surface area contributed by atoms with Gasteiger partial charge in [-0.3, -0.25) is 4.79 Å². The Balaban J connectivity index is 2.39. The molecular weight excluding hydrogens is 208 g/mol. The molecule has 1 aromatic heterocycles. The van der Waals surface area contributed by atoms with Crippen molar-refractivity contribution in [2.24, 2.45) is 0 Å². The van der Waals surface area contributed by atoms with Gasteiger partial charge in [-0.2, -0.15) is 0 Å². The molecule has 0 saturated heterocycles. The number of ether oxygens (including phenoxy) is 1. The van der Waals surface area contributed by atoms with Gasteiger partial charge in [-0.15, -0.1) is 11.3 Å². The first-order valence-electron chi connectivity index (χ1n) is 4.77. The van der Waals surface area contributed by atoms with Crippen LogP contribution in [0, 0.1) is 6.92 Å². The summed E-state index contributed by atoms with van der Waals surface area (Å²) in [4.78, 5) is 10.7. The van der Waals surface area contributed by atoms with E-state index in [0.717, 1.165) is 5.56 Å². The second-order valence-corrected chi connectivity index (χ2v) is 4.40. The lowest BCUT2D eigenvalue weighted by Gasteiger charge is -2.02. The summed E-state index contributed by atoms with van der Waals surface area (Å²) >= 11 is 1.69.